The van der Waals surface area contributed by atoms with Crippen LogP contribution in [-0.2, 0) is 9.63 Å². The summed E-state index contributed by atoms with van der Waals surface area (Å²) in [6.07, 6.45) is 7.65. The van der Waals surface area contributed by atoms with E-state index < -0.39 is 0 Å². The van der Waals surface area contributed by atoms with Crippen LogP contribution in [0.15, 0.2) is 0 Å². The molecule has 0 aromatic heterocycles. The number of carbonyl (C=O) groups is 1. The van der Waals surface area contributed by atoms with E-state index in [0.29, 0.717) is 0 Å². The van der Waals surface area contributed by atoms with Crippen LogP contribution in [-0.4, -0.2) is 24.1 Å². The maximum absolute atomic E-state index is 12.1. The third kappa shape index (κ3) is 2.38. The lowest BCUT2D eigenvalue weighted by Gasteiger charge is -2.27. The van der Waals surface area contributed by atoms with Crippen LogP contribution in [0.4, 0.5) is 0 Å². The van der Waals surface area contributed by atoms with Crippen molar-refractivity contribution in [3.8, 4) is 0 Å². The van der Waals surface area contributed by atoms with Crippen molar-refractivity contribution in [1.82, 2.24) is 10.8 Å². The van der Waals surface area contributed by atoms with Gasteiger partial charge in [-0.15, -0.1) is 0 Å². The zero-order valence-electron chi connectivity index (χ0n) is 10.1. The Hall–Kier alpha value is -0.610. The Morgan fingerprint density at radius 2 is 2.19 bits per heavy atom. The lowest BCUT2D eigenvalue weighted by molar-refractivity contribution is -0.144. The number of nitrogens with one attached hydrogen (secondary N) is 2. The molecular formula is C12H22N2O2. The van der Waals surface area contributed by atoms with Crippen LogP contribution >= 0.6 is 0 Å². The summed E-state index contributed by atoms with van der Waals surface area (Å²) in [6.45, 7) is 2.98. The Kier molecular flexibility index (Phi) is 3.82. The molecule has 4 heteroatoms. The molecule has 0 aromatic rings. The molecular weight excluding hydrogens is 204 g/mol. The minimum Gasteiger partial charge on any atom is -0.303 e. The van der Waals surface area contributed by atoms with Gasteiger partial charge in [-0.3, -0.25) is 9.63 Å². The molecule has 1 aliphatic heterocycles. The van der Waals surface area contributed by atoms with Crippen molar-refractivity contribution < 1.29 is 9.63 Å². The van der Waals surface area contributed by atoms with E-state index in [1.54, 1.807) is 0 Å². The Balaban J connectivity index is 1.81. The Bertz CT molecular complexity index is 243. The quantitative estimate of drug-likeness (QED) is 0.714. The number of hydrogen-bond acceptors (Lipinski definition) is 3. The molecule has 16 heavy (non-hydrogen) atoms. The van der Waals surface area contributed by atoms with Crippen molar-refractivity contribution >= 4 is 5.91 Å². The average molecular weight is 226 g/mol. The molecule has 92 valence electrons. The van der Waals surface area contributed by atoms with Gasteiger partial charge in [0.15, 0.2) is 0 Å². The fraction of sp³-hybridized carbons (Fsp3) is 0.917. The zero-order chi connectivity index (χ0) is 11.4. The highest BCUT2D eigenvalue weighted by Gasteiger charge is 2.39. The molecule has 1 heterocycles. The Morgan fingerprint density at radius 3 is 2.75 bits per heavy atom. The van der Waals surface area contributed by atoms with Gasteiger partial charge in [0.2, 0.25) is 0 Å². The minimum atomic E-state index is -0.376. The highest BCUT2D eigenvalue weighted by atomic mass is 16.7. The van der Waals surface area contributed by atoms with Gasteiger partial charge in [0.25, 0.3) is 5.91 Å². The molecule has 4 nitrogen and oxygen atoms in total. The second kappa shape index (κ2) is 5.15. The van der Waals surface area contributed by atoms with Crippen molar-refractivity contribution in [2.24, 2.45) is 0 Å². The van der Waals surface area contributed by atoms with Crippen molar-refractivity contribution in [2.75, 3.05) is 6.54 Å². The highest BCUT2D eigenvalue weighted by molar-refractivity contribution is 5.85. The minimum absolute atomic E-state index is 0.0133. The fourth-order valence-electron chi connectivity index (χ4n) is 2.70. The van der Waals surface area contributed by atoms with E-state index >= 15 is 0 Å². The second-order valence-corrected chi connectivity index (χ2v) is 4.92. The summed E-state index contributed by atoms with van der Waals surface area (Å²) < 4.78 is 0. The van der Waals surface area contributed by atoms with Crippen LogP contribution in [0.5, 0.6) is 0 Å². The van der Waals surface area contributed by atoms with Gasteiger partial charge < -0.3 is 5.32 Å². The molecule has 1 saturated carbocycles. The van der Waals surface area contributed by atoms with Crippen molar-refractivity contribution in [3.05, 3.63) is 0 Å². The molecule has 2 fully saturated rings. The summed E-state index contributed by atoms with van der Waals surface area (Å²) >= 11 is 0. The molecule has 1 atom stereocenters. The first-order valence-corrected chi connectivity index (χ1v) is 6.48. The molecule has 1 aliphatic carbocycles. The third-order valence-corrected chi connectivity index (χ3v) is 3.90. The topological polar surface area (TPSA) is 50.4 Å². The van der Waals surface area contributed by atoms with Crippen molar-refractivity contribution in [2.45, 2.75) is 63.5 Å². The van der Waals surface area contributed by atoms with E-state index in [1.165, 1.54) is 12.8 Å². The molecule has 1 saturated heterocycles. The third-order valence-electron chi connectivity index (χ3n) is 3.90. The molecule has 1 unspecified atom stereocenters. The van der Waals surface area contributed by atoms with Crippen molar-refractivity contribution in [3.63, 3.8) is 0 Å². The molecule has 0 radical (unpaired) electrons. The summed E-state index contributed by atoms with van der Waals surface area (Å²) in [4.78, 5) is 17.5. The van der Waals surface area contributed by atoms with Gasteiger partial charge in [0.05, 0.1) is 11.6 Å². The van der Waals surface area contributed by atoms with Crippen LogP contribution < -0.4 is 10.8 Å². The molecule has 0 spiro atoms. The standard InChI is InChI=1S/C12H22N2O2/c1-2-12(8-5-9-13-12)11(15)14-16-10-6-3-4-7-10/h10,13H,2-9H2,1H3,(H,14,15). The summed E-state index contributed by atoms with van der Waals surface area (Å²) in [5, 5.41) is 3.30. The zero-order valence-corrected chi connectivity index (χ0v) is 10.1. The molecule has 1 amide bonds. The van der Waals surface area contributed by atoms with E-state index in [4.69, 9.17) is 4.84 Å². The maximum Gasteiger partial charge on any atom is 0.263 e. The molecule has 2 rings (SSSR count). The lowest BCUT2D eigenvalue weighted by atomic mass is 9.93. The number of hydroxylamine groups is 1. The first-order valence-electron chi connectivity index (χ1n) is 6.48. The van der Waals surface area contributed by atoms with Gasteiger partial charge in [-0.25, -0.2) is 5.48 Å². The van der Waals surface area contributed by atoms with Gasteiger partial charge in [-0.05, 0) is 38.6 Å². The van der Waals surface area contributed by atoms with Gasteiger partial charge >= 0.3 is 0 Å². The van der Waals surface area contributed by atoms with E-state index in [9.17, 15) is 4.79 Å². The molecule has 0 bridgehead atoms. The van der Waals surface area contributed by atoms with E-state index in [-0.39, 0.29) is 17.6 Å². The Labute approximate surface area is 97.1 Å². The summed E-state index contributed by atoms with van der Waals surface area (Å²) in [5.74, 6) is 0.0133. The number of carbonyl (C=O) groups excluding carboxylic acids is 1. The maximum atomic E-state index is 12.1. The number of hydrogen-bond donors (Lipinski definition) is 2. The summed E-state index contributed by atoms with van der Waals surface area (Å²) in [5.41, 5.74) is 2.28. The lowest BCUT2D eigenvalue weighted by Crippen LogP contribution is -2.53. The van der Waals surface area contributed by atoms with Gasteiger partial charge in [0.1, 0.15) is 0 Å². The average Bonchev–Trinajstić information content (AvgIpc) is 2.97. The first-order chi connectivity index (χ1) is 7.77. The number of amides is 1. The van der Waals surface area contributed by atoms with E-state index in [2.05, 4.69) is 10.8 Å². The van der Waals surface area contributed by atoms with Crippen LogP contribution in [0.25, 0.3) is 0 Å². The van der Waals surface area contributed by atoms with Crippen LogP contribution in [0.2, 0.25) is 0 Å². The molecule has 2 aliphatic rings. The summed E-state index contributed by atoms with van der Waals surface area (Å²) in [7, 11) is 0. The van der Waals surface area contributed by atoms with Crippen LogP contribution in [0.1, 0.15) is 51.9 Å². The smallest absolute Gasteiger partial charge is 0.263 e. The Morgan fingerprint density at radius 1 is 1.44 bits per heavy atom. The number of rotatable bonds is 4. The van der Waals surface area contributed by atoms with Gasteiger partial charge in [-0.1, -0.05) is 19.8 Å². The van der Waals surface area contributed by atoms with E-state index in [0.717, 1.165) is 38.6 Å². The largest absolute Gasteiger partial charge is 0.303 e. The van der Waals surface area contributed by atoms with Crippen LogP contribution in [0.3, 0.4) is 0 Å². The van der Waals surface area contributed by atoms with E-state index in [1.807, 2.05) is 6.92 Å². The fourth-order valence-corrected chi connectivity index (χ4v) is 2.70. The normalized spacial score (nSPS) is 30.8. The second-order valence-electron chi connectivity index (χ2n) is 4.92. The molecule has 2 N–H and O–H groups in total. The predicted molar refractivity (Wildman–Crippen MR) is 61.7 cm³/mol. The van der Waals surface area contributed by atoms with Crippen molar-refractivity contribution in [1.29, 1.82) is 0 Å². The highest BCUT2D eigenvalue weighted by Crippen LogP contribution is 2.24. The van der Waals surface area contributed by atoms with Gasteiger partial charge in [0, 0.05) is 0 Å². The SMILES string of the molecule is CCC1(C(=O)NOC2CCCC2)CCCN1. The first kappa shape index (κ1) is 11.9. The molecule has 0 aromatic carbocycles. The summed E-state index contributed by atoms with van der Waals surface area (Å²) in [6, 6.07) is 0. The monoisotopic (exact) mass is 226 g/mol. The van der Waals surface area contributed by atoms with Crippen LogP contribution in [0, 0.1) is 0 Å². The predicted octanol–water partition coefficient (Wildman–Crippen LogP) is 1.51. The van der Waals surface area contributed by atoms with Gasteiger partial charge in [-0.2, -0.15) is 0 Å².